The molecule has 1 aliphatic carbocycles. The number of rotatable bonds is 5. The monoisotopic (exact) mass is 555 g/mol. The molecule has 2 aromatic carbocycles. The molecule has 9 heteroatoms. The molecule has 0 bridgehead atoms. The Labute approximate surface area is 233 Å². The molecule has 0 aromatic heterocycles. The highest BCUT2D eigenvalue weighted by Crippen LogP contribution is 2.47. The van der Waals surface area contributed by atoms with Gasteiger partial charge in [-0.2, -0.15) is 0 Å². The molecule has 1 unspecified atom stereocenters. The maximum atomic E-state index is 13.7. The van der Waals surface area contributed by atoms with Crippen LogP contribution >= 0.6 is 11.6 Å². The maximum absolute atomic E-state index is 13.7. The van der Waals surface area contributed by atoms with Crippen molar-refractivity contribution >= 4 is 29.5 Å². The Kier molecular flexibility index (Phi) is 7.60. The van der Waals surface area contributed by atoms with Crippen LogP contribution in [0.25, 0.3) is 0 Å². The zero-order valence-electron chi connectivity index (χ0n) is 22.7. The Balaban J connectivity index is 1.30. The summed E-state index contributed by atoms with van der Waals surface area (Å²) in [5.41, 5.74) is 1.73. The van der Waals surface area contributed by atoms with Crippen LogP contribution in [-0.2, 0) is 9.59 Å². The van der Waals surface area contributed by atoms with Gasteiger partial charge in [-0.1, -0.05) is 30.7 Å². The summed E-state index contributed by atoms with van der Waals surface area (Å²) < 4.78 is 18.8. The van der Waals surface area contributed by atoms with E-state index in [1.54, 1.807) is 7.05 Å². The topological polar surface area (TPSA) is 70.2 Å². The van der Waals surface area contributed by atoms with Crippen molar-refractivity contribution in [2.24, 2.45) is 11.3 Å². The summed E-state index contributed by atoms with van der Waals surface area (Å²) in [6.07, 6.45) is 2.62. The van der Waals surface area contributed by atoms with Crippen LogP contribution in [0.3, 0.4) is 0 Å². The maximum Gasteiger partial charge on any atom is 0.415 e. The number of likely N-dealkylation sites (tertiary alicyclic amines) is 2. The van der Waals surface area contributed by atoms with Gasteiger partial charge < -0.3 is 19.4 Å². The van der Waals surface area contributed by atoms with Gasteiger partial charge in [0.25, 0.3) is 0 Å². The fourth-order valence-electron chi connectivity index (χ4n) is 5.77. The lowest BCUT2D eigenvalue weighted by atomic mass is 9.92. The van der Waals surface area contributed by atoms with Gasteiger partial charge in [0, 0.05) is 55.5 Å². The molecule has 3 aliphatic rings. The number of amides is 3. The first-order valence-corrected chi connectivity index (χ1v) is 14.0. The third-order valence-corrected chi connectivity index (χ3v) is 9.09. The van der Waals surface area contributed by atoms with E-state index >= 15 is 0 Å². The second kappa shape index (κ2) is 10.8. The molecule has 7 nitrogen and oxygen atoms in total. The van der Waals surface area contributed by atoms with Crippen LogP contribution < -0.4 is 4.74 Å². The fraction of sp³-hybridized carbons (Fsp3) is 0.500. The normalized spacial score (nSPS) is 22.5. The van der Waals surface area contributed by atoms with Crippen molar-refractivity contribution in [1.29, 1.82) is 0 Å². The number of hydrogen-bond donors (Lipinski definition) is 0. The molecule has 2 aliphatic heterocycles. The van der Waals surface area contributed by atoms with E-state index in [0.29, 0.717) is 44.0 Å². The van der Waals surface area contributed by atoms with Gasteiger partial charge in [0.15, 0.2) is 0 Å². The van der Waals surface area contributed by atoms with Gasteiger partial charge in [0.05, 0.1) is 6.04 Å². The van der Waals surface area contributed by atoms with Crippen molar-refractivity contribution in [1.82, 2.24) is 14.7 Å². The zero-order valence-corrected chi connectivity index (χ0v) is 23.4. The first kappa shape index (κ1) is 27.4. The van der Waals surface area contributed by atoms with Crippen LogP contribution in [0.1, 0.15) is 49.7 Å². The molecule has 1 saturated carbocycles. The number of nitrogens with zero attached hydrogens (tertiary/aromatic N) is 3. The van der Waals surface area contributed by atoms with E-state index in [9.17, 15) is 18.8 Å². The van der Waals surface area contributed by atoms with Crippen LogP contribution in [0.15, 0.2) is 42.5 Å². The summed E-state index contributed by atoms with van der Waals surface area (Å²) in [4.78, 5) is 44.8. The van der Waals surface area contributed by atoms with E-state index in [1.807, 2.05) is 41.8 Å². The molecule has 0 N–H and O–H groups in total. The predicted octanol–water partition coefficient (Wildman–Crippen LogP) is 5.25. The van der Waals surface area contributed by atoms with Gasteiger partial charge in [-0.25, -0.2) is 9.18 Å². The van der Waals surface area contributed by atoms with E-state index in [4.69, 9.17) is 16.3 Å². The van der Waals surface area contributed by atoms with Crippen molar-refractivity contribution in [3.63, 3.8) is 0 Å². The Hall–Kier alpha value is -3.13. The second-order valence-electron chi connectivity index (χ2n) is 11.5. The molecular weight excluding hydrogens is 521 g/mol. The quantitative estimate of drug-likeness (QED) is 0.505. The summed E-state index contributed by atoms with van der Waals surface area (Å²) in [6.45, 7) is 6.00. The number of carbonyl (C=O) groups is 3. The molecule has 3 amide bonds. The van der Waals surface area contributed by atoms with Crippen molar-refractivity contribution in [2.75, 3.05) is 33.2 Å². The number of piperidine rings is 1. The number of benzene rings is 2. The Morgan fingerprint density at radius 2 is 1.69 bits per heavy atom. The number of hydrogen-bond acceptors (Lipinski definition) is 4. The third kappa shape index (κ3) is 5.76. The first-order valence-electron chi connectivity index (χ1n) is 13.6. The molecule has 2 heterocycles. The minimum atomic E-state index is -0.572. The van der Waals surface area contributed by atoms with Gasteiger partial charge in [-0.05, 0) is 74.1 Å². The van der Waals surface area contributed by atoms with E-state index in [1.165, 1.54) is 29.2 Å². The third-order valence-electron chi connectivity index (χ3n) is 8.66. The molecule has 208 valence electrons. The number of ether oxygens (including phenoxy) is 1. The number of halogens is 2. The van der Waals surface area contributed by atoms with Crippen LogP contribution in [0.5, 0.6) is 5.75 Å². The first-order chi connectivity index (χ1) is 18.6. The lowest BCUT2D eigenvalue weighted by molar-refractivity contribution is -0.142. The SMILES string of the molecule is Cc1cc([C@H]2CN(C(=O)C3CCN(C(=O)C4(C)CC4)CC3)CC2N(C)C(=O)Oc2ccc(F)cc2)ccc1Cl. The average molecular weight is 556 g/mol. The molecule has 0 radical (unpaired) electrons. The van der Waals surface area contributed by atoms with Crippen LogP contribution in [-0.4, -0.2) is 71.9 Å². The highest BCUT2D eigenvalue weighted by Gasteiger charge is 2.48. The van der Waals surface area contributed by atoms with Gasteiger partial charge in [-0.15, -0.1) is 0 Å². The van der Waals surface area contributed by atoms with E-state index < -0.39 is 11.9 Å². The minimum Gasteiger partial charge on any atom is -0.410 e. The molecule has 2 saturated heterocycles. The fourth-order valence-corrected chi connectivity index (χ4v) is 5.88. The summed E-state index contributed by atoms with van der Waals surface area (Å²) in [5.74, 6) is -0.161. The summed E-state index contributed by atoms with van der Waals surface area (Å²) in [6, 6.07) is 10.8. The number of carbonyl (C=O) groups excluding carboxylic acids is 3. The van der Waals surface area contributed by atoms with Crippen LogP contribution in [0.2, 0.25) is 5.02 Å². The molecule has 0 spiro atoms. The van der Waals surface area contributed by atoms with Gasteiger partial charge in [0.2, 0.25) is 11.8 Å². The molecule has 2 atom stereocenters. The highest BCUT2D eigenvalue weighted by molar-refractivity contribution is 6.31. The number of aryl methyl sites for hydroxylation is 1. The Bertz CT molecular complexity index is 1260. The average Bonchev–Trinajstić information content (AvgIpc) is 3.53. The zero-order chi connectivity index (χ0) is 27.9. The highest BCUT2D eigenvalue weighted by atomic mass is 35.5. The lowest BCUT2D eigenvalue weighted by Crippen LogP contribution is -2.46. The second-order valence-corrected chi connectivity index (χ2v) is 11.9. The Morgan fingerprint density at radius 3 is 2.31 bits per heavy atom. The number of likely N-dealkylation sites (N-methyl/N-ethyl adjacent to an activating group) is 1. The molecular formula is C30H35ClFN3O4. The predicted molar refractivity (Wildman–Crippen MR) is 146 cm³/mol. The summed E-state index contributed by atoms with van der Waals surface area (Å²) in [7, 11) is 1.67. The van der Waals surface area contributed by atoms with E-state index in [0.717, 1.165) is 24.0 Å². The lowest BCUT2D eigenvalue weighted by Gasteiger charge is -2.34. The van der Waals surface area contributed by atoms with Gasteiger partial charge >= 0.3 is 6.09 Å². The van der Waals surface area contributed by atoms with E-state index in [-0.39, 0.29) is 40.9 Å². The van der Waals surface area contributed by atoms with Crippen LogP contribution in [0.4, 0.5) is 9.18 Å². The van der Waals surface area contributed by atoms with Crippen molar-refractivity contribution in [3.8, 4) is 5.75 Å². The Morgan fingerprint density at radius 1 is 1.03 bits per heavy atom. The standard InChI is InChI=1S/C30H35ClFN3O4/c1-19-16-21(4-9-25(19)31)24-17-35(18-26(24)33(3)29(38)39-23-7-5-22(32)6-8-23)27(36)20-10-14-34(15-11-20)28(37)30(2)12-13-30/h4-9,16,20,24,26H,10-15,17-18H2,1-3H3/t24-,26?/m1/s1. The van der Waals surface area contributed by atoms with Crippen molar-refractivity contribution in [3.05, 3.63) is 64.4 Å². The minimum absolute atomic E-state index is 0.0678. The van der Waals surface area contributed by atoms with Gasteiger partial charge in [-0.3, -0.25) is 9.59 Å². The van der Waals surface area contributed by atoms with E-state index in [2.05, 4.69) is 0 Å². The molecule has 2 aromatic rings. The van der Waals surface area contributed by atoms with Crippen molar-refractivity contribution in [2.45, 2.75) is 51.5 Å². The largest absolute Gasteiger partial charge is 0.415 e. The van der Waals surface area contributed by atoms with Crippen LogP contribution in [0, 0.1) is 24.1 Å². The molecule has 3 fully saturated rings. The molecule has 5 rings (SSSR count). The smallest absolute Gasteiger partial charge is 0.410 e. The van der Waals surface area contributed by atoms with Gasteiger partial charge in [0.1, 0.15) is 11.6 Å². The van der Waals surface area contributed by atoms with Crippen molar-refractivity contribution < 1.29 is 23.5 Å². The summed E-state index contributed by atoms with van der Waals surface area (Å²) >= 11 is 6.28. The summed E-state index contributed by atoms with van der Waals surface area (Å²) in [5, 5.41) is 0.659. The molecule has 39 heavy (non-hydrogen) atoms.